The minimum atomic E-state index is -3.23. The summed E-state index contributed by atoms with van der Waals surface area (Å²) in [6.07, 6.45) is 4.06. The fourth-order valence-electron chi connectivity index (χ4n) is 2.79. The van der Waals surface area contributed by atoms with E-state index in [1.807, 2.05) is 6.92 Å². The van der Waals surface area contributed by atoms with Crippen LogP contribution in [0.15, 0.2) is 0 Å². The Morgan fingerprint density at radius 3 is 2.65 bits per heavy atom. The summed E-state index contributed by atoms with van der Waals surface area (Å²) in [5.41, 5.74) is 0.242. The van der Waals surface area contributed by atoms with E-state index >= 15 is 0 Å². The highest BCUT2D eigenvalue weighted by atomic mass is 32.2. The van der Waals surface area contributed by atoms with Crippen molar-refractivity contribution in [3.05, 3.63) is 0 Å². The van der Waals surface area contributed by atoms with Gasteiger partial charge in [0.05, 0.1) is 0 Å². The van der Waals surface area contributed by atoms with Crippen LogP contribution in [0, 0.1) is 5.41 Å². The van der Waals surface area contributed by atoms with Gasteiger partial charge in [-0.3, -0.25) is 0 Å². The molecule has 0 aromatic heterocycles. The molecule has 6 heteroatoms. The largest absolute Gasteiger partial charge is 0.317 e. The standard InChI is InChI=1S/C11H23N3O2S/c1-2-6-13-17(15,16)14-9-5-11(10-14)3-7-12-8-4-11/h12-13H,2-10H2,1H3. The van der Waals surface area contributed by atoms with Crippen LogP contribution in [0.25, 0.3) is 0 Å². The van der Waals surface area contributed by atoms with Crippen molar-refractivity contribution in [3.63, 3.8) is 0 Å². The molecule has 2 heterocycles. The van der Waals surface area contributed by atoms with E-state index in [1.165, 1.54) is 0 Å². The van der Waals surface area contributed by atoms with Crippen molar-refractivity contribution in [2.24, 2.45) is 5.41 Å². The second-order valence-corrected chi connectivity index (χ2v) is 6.99. The normalized spacial score (nSPS) is 25.5. The quantitative estimate of drug-likeness (QED) is 0.765. The van der Waals surface area contributed by atoms with Crippen LogP contribution in [0.1, 0.15) is 32.6 Å². The Hall–Kier alpha value is -0.170. The van der Waals surface area contributed by atoms with Gasteiger partial charge in [0.25, 0.3) is 10.2 Å². The molecule has 2 N–H and O–H groups in total. The van der Waals surface area contributed by atoms with E-state index in [1.54, 1.807) is 4.31 Å². The molecule has 2 aliphatic heterocycles. The average molecular weight is 261 g/mol. The lowest BCUT2D eigenvalue weighted by atomic mass is 9.78. The van der Waals surface area contributed by atoms with Crippen molar-refractivity contribution in [1.82, 2.24) is 14.3 Å². The van der Waals surface area contributed by atoms with Crippen LogP contribution in [0.4, 0.5) is 0 Å². The maximum atomic E-state index is 12.0. The third kappa shape index (κ3) is 2.99. The highest BCUT2D eigenvalue weighted by Gasteiger charge is 2.42. The van der Waals surface area contributed by atoms with Crippen molar-refractivity contribution >= 4 is 10.2 Å². The van der Waals surface area contributed by atoms with Gasteiger partial charge in [-0.05, 0) is 44.2 Å². The van der Waals surface area contributed by atoms with E-state index in [4.69, 9.17) is 0 Å². The zero-order chi connectivity index (χ0) is 12.4. The van der Waals surface area contributed by atoms with Crippen LogP contribution in [0.2, 0.25) is 0 Å². The maximum Gasteiger partial charge on any atom is 0.279 e. The van der Waals surface area contributed by atoms with Crippen molar-refractivity contribution < 1.29 is 8.42 Å². The van der Waals surface area contributed by atoms with Crippen LogP contribution >= 0.6 is 0 Å². The summed E-state index contributed by atoms with van der Waals surface area (Å²) in [4.78, 5) is 0. The number of nitrogens with zero attached hydrogens (tertiary/aromatic N) is 1. The van der Waals surface area contributed by atoms with Gasteiger partial charge in [-0.25, -0.2) is 4.72 Å². The lowest BCUT2D eigenvalue weighted by molar-refractivity contribution is 0.218. The smallest absolute Gasteiger partial charge is 0.279 e. The first-order valence-electron chi connectivity index (χ1n) is 6.53. The molecule has 0 aromatic carbocycles. The van der Waals surface area contributed by atoms with Gasteiger partial charge < -0.3 is 5.32 Å². The molecule has 2 saturated heterocycles. The summed E-state index contributed by atoms with van der Waals surface area (Å²) in [5.74, 6) is 0. The number of rotatable bonds is 4. The molecular formula is C11H23N3O2S. The number of hydrogen-bond donors (Lipinski definition) is 2. The Morgan fingerprint density at radius 2 is 2.00 bits per heavy atom. The monoisotopic (exact) mass is 261 g/mol. The Labute approximate surface area is 104 Å². The first-order valence-corrected chi connectivity index (χ1v) is 7.97. The van der Waals surface area contributed by atoms with Gasteiger partial charge in [0.1, 0.15) is 0 Å². The molecule has 2 rings (SSSR count). The molecule has 0 radical (unpaired) electrons. The molecule has 2 aliphatic rings. The molecule has 2 fully saturated rings. The minimum Gasteiger partial charge on any atom is -0.317 e. The van der Waals surface area contributed by atoms with E-state index in [0.29, 0.717) is 19.6 Å². The summed E-state index contributed by atoms with van der Waals surface area (Å²) in [6.45, 7) is 5.94. The summed E-state index contributed by atoms with van der Waals surface area (Å²) in [6, 6.07) is 0. The predicted octanol–water partition coefficient (Wildman–Crippen LogP) is 0.306. The minimum absolute atomic E-state index is 0.242. The van der Waals surface area contributed by atoms with E-state index in [-0.39, 0.29) is 5.41 Å². The molecule has 1 spiro atoms. The van der Waals surface area contributed by atoms with Crippen LogP contribution < -0.4 is 10.0 Å². The topological polar surface area (TPSA) is 61.4 Å². The van der Waals surface area contributed by atoms with Gasteiger partial charge in [-0.15, -0.1) is 0 Å². The molecular weight excluding hydrogens is 238 g/mol. The predicted molar refractivity (Wildman–Crippen MR) is 67.9 cm³/mol. The molecule has 5 nitrogen and oxygen atoms in total. The zero-order valence-corrected chi connectivity index (χ0v) is 11.4. The molecule has 0 aromatic rings. The van der Waals surface area contributed by atoms with E-state index in [9.17, 15) is 8.42 Å². The van der Waals surface area contributed by atoms with Gasteiger partial charge in [0.2, 0.25) is 0 Å². The fraction of sp³-hybridized carbons (Fsp3) is 1.00. The molecule has 0 amide bonds. The van der Waals surface area contributed by atoms with E-state index < -0.39 is 10.2 Å². The summed E-state index contributed by atoms with van der Waals surface area (Å²) < 4.78 is 28.3. The lowest BCUT2D eigenvalue weighted by Gasteiger charge is -2.33. The van der Waals surface area contributed by atoms with Crippen LogP contribution in [-0.4, -0.2) is 45.4 Å². The highest BCUT2D eigenvalue weighted by Crippen LogP contribution is 2.39. The summed E-state index contributed by atoms with van der Waals surface area (Å²) in [7, 11) is -3.23. The zero-order valence-electron chi connectivity index (χ0n) is 10.5. The number of hydrogen-bond acceptors (Lipinski definition) is 3. The molecule has 0 atom stereocenters. The molecule has 0 aliphatic carbocycles. The lowest BCUT2D eigenvalue weighted by Crippen LogP contribution is -2.43. The third-order valence-electron chi connectivity index (χ3n) is 3.94. The van der Waals surface area contributed by atoms with E-state index in [2.05, 4.69) is 10.0 Å². The first-order chi connectivity index (χ1) is 8.08. The van der Waals surface area contributed by atoms with Gasteiger partial charge >= 0.3 is 0 Å². The average Bonchev–Trinajstić information content (AvgIpc) is 2.72. The second-order valence-electron chi connectivity index (χ2n) is 5.23. The van der Waals surface area contributed by atoms with Crippen molar-refractivity contribution in [3.8, 4) is 0 Å². The van der Waals surface area contributed by atoms with Gasteiger partial charge in [0.15, 0.2) is 0 Å². The van der Waals surface area contributed by atoms with Crippen molar-refractivity contribution in [2.75, 3.05) is 32.7 Å². The SMILES string of the molecule is CCCNS(=O)(=O)N1CCC2(CCNCC2)C1. The first kappa shape index (κ1) is 13.3. The number of piperidine rings is 1. The van der Waals surface area contributed by atoms with Gasteiger partial charge in [0, 0.05) is 19.6 Å². The summed E-state index contributed by atoms with van der Waals surface area (Å²) in [5, 5.41) is 3.34. The maximum absolute atomic E-state index is 12.0. The van der Waals surface area contributed by atoms with Crippen LogP contribution in [0.5, 0.6) is 0 Å². The number of nitrogens with one attached hydrogen (secondary N) is 2. The third-order valence-corrected chi connectivity index (χ3v) is 5.50. The summed E-state index contributed by atoms with van der Waals surface area (Å²) >= 11 is 0. The molecule has 17 heavy (non-hydrogen) atoms. The van der Waals surface area contributed by atoms with Crippen molar-refractivity contribution in [2.45, 2.75) is 32.6 Å². The van der Waals surface area contributed by atoms with Crippen LogP contribution in [-0.2, 0) is 10.2 Å². The van der Waals surface area contributed by atoms with Crippen LogP contribution in [0.3, 0.4) is 0 Å². The Kier molecular flexibility index (Phi) is 4.07. The Balaban J connectivity index is 1.96. The molecule has 100 valence electrons. The Morgan fingerprint density at radius 1 is 1.29 bits per heavy atom. The van der Waals surface area contributed by atoms with E-state index in [0.717, 1.165) is 38.8 Å². The molecule has 0 saturated carbocycles. The van der Waals surface area contributed by atoms with Gasteiger partial charge in [-0.1, -0.05) is 6.92 Å². The highest BCUT2D eigenvalue weighted by molar-refractivity contribution is 7.87. The van der Waals surface area contributed by atoms with Gasteiger partial charge in [-0.2, -0.15) is 12.7 Å². The molecule has 0 unspecified atom stereocenters. The van der Waals surface area contributed by atoms with Crippen molar-refractivity contribution in [1.29, 1.82) is 0 Å². The Bertz CT molecular complexity index is 350. The fourth-order valence-corrected chi connectivity index (χ4v) is 4.21. The molecule has 0 bridgehead atoms. The second kappa shape index (κ2) is 5.22.